The van der Waals surface area contributed by atoms with Crippen LogP contribution < -0.4 is 9.47 Å². The number of nitrogens with zero attached hydrogens (tertiary/aromatic N) is 2. The molecular formula is C14H13BrCl2N2O2. The molecule has 7 heteroatoms. The van der Waals surface area contributed by atoms with Gasteiger partial charge in [0.15, 0.2) is 17.3 Å². The van der Waals surface area contributed by atoms with Crippen molar-refractivity contribution in [2.45, 2.75) is 13.3 Å². The summed E-state index contributed by atoms with van der Waals surface area (Å²) in [6.07, 6.45) is 0.672. The first kappa shape index (κ1) is 16.3. The Labute approximate surface area is 141 Å². The highest BCUT2D eigenvalue weighted by atomic mass is 79.9. The number of hydrogen-bond donors (Lipinski definition) is 0. The number of methoxy groups -OCH3 is 2. The molecule has 2 rings (SSSR count). The third kappa shape index (κ3) is 3.25. The van der Waals surface area contributed by atoms with E-state index in [1.165, 1.54) is 0 Å². The predicted octanol–water partition coefficient (Wildman–Crippen LogP) is 4.79. The van der Waals surface area contributed by atoms with Gasteiger partial charge in [0.25, 0.3) is 0 Å². The van der Waals surface area contributed by atoms with E-state index in [0.29, 0.717) is 34.1 Å². The molecule has 0 aliphatic carbocycles. The van der Waals surface area contributed by atoms with E-state index in [9.17, 15) is 0 Å². The Morgan fingerprint density at radius 1 is 1.05 bits per heavy atom. The van der Waals surface area contributed by atoms with Gasteiger partial charge in [-0.2, -0.15) is 0 Å². The normalized spacial score (nSPS) is 10.6. The van der Waals surface area contributed by atoms with E-state index < -0.39 is 0 Å². The summed E-state index contributed by atoms with van der Waals surface area (Å²) in [5, 5.41) is 0.711. The smallest absolute Gasteiger partial charge is 0.163 e. The maximum absolute atomic E-state index is 6.16. The quantitative estimate of drug-likeness (QED) is 0.702. The summed E-state index contributed by atoms with van der Waals surface area (Å²) >= 11 is 15.8. The Kier molecular flexibility index (Phi) is 5.30. The number of ether oxygens (including phenoxy) is 2. The lowest BCUT2D eigenvalue weighted by Gasteiger charge is -2.12. The van der Waals surface area contributed by atoms with Gasteiger partial charge in [0.1, 0.15) is 10.3 Å². The molecular weight excluding hydrogens is 379 g/mol. The number of aromatic nitrogens is 2. The van der Waals surface area contributed by atoms with Crippen molar-refractivity contribution < 1.29 is 9.47 Å². The standard InChI is InChI=1S/C14H13BrCl2N2O2/c1-4-7-12(16)18-14(19-13(7)17)8-5-10(20-2)11(21-3)6-9(8)15/h5-6H,4H2,1-3H3. The lowest BCUT2D eigenvalue weighted by atomic mass is 10.1. The third-order valence-corrected chi connectivity index (χ3v) is 4.26. The van der Waals surface area contributed by atoms with Crippen LogP contribution in [0, 0.1) is 0 Å². The summed E-state index contributed by atoms with van der Waals surface area (Å²) < 4.78 is 11.3. The van der Waals surface area contributed by atoms with Crippen molar-refractivity contribution in [3.8, 4) is 22.9 Å². The van der Waals surface area contributed by atoms with E-state index in [2.05, 4.69) is 25.9 Å². The fourth-order valence-corrected chi connectivity index (χ4v) is 3.02. The topological polar surface area (TPSA) is 44.2 Å². The molecule has 0 aliphatic heterocycles. The number of rotatable bonds is 4. The van der Waals surface area contributed by atoms with Gasteiger partial charge in [0.2, 0.25) is 0 Å². The van der Waals surface area contributed by atoms with Gasteiger partial charge in [0, 0.05) is 15.6 Å². The second kappa shape index (κ2) is 6.81. The summed E-state index contributed by atoms with van der Waals surface area (Å²) in [6.45, 7) is 1.95. The molecule has 1 aromatic carbocycles. The van der Waals surface area contributed by atoms with Gasteiger partial charge in [-0.05, 0) is 34.5 Å². The minimum atomic E-state index is 0.356. The first-order chi connectivity index (χ1) is 10.0. The number of benzene rings is 1. The van der Waals surface area contributed by atoms with E-state index in [1.54, 1.807) is 26.4 Å². The van der Waals surface area contributed by atoms with Crippen LogP contribution in [-0.2, 0) is 6.42 Å². The molecule has 0 unspecified atom stereocenters. The highest BCUT2D eigenvalue weighted by molar-refractivity contribution is 9.10. The number of halogens is 3. The Morgan fingerprint density at radius 3 is 2.05 bits per heavy atom. The maximum atomic E-state index is 6.16. The van der Waals surface area contributed by atoms with Gasteiger partial charge in [-0.25, -0.2) is 9.97 Å². The molecule has 0 saturated heterocycles. The second-order valence-corrected chi connectivity index (χ2v) is 5.72. The van der Waals surface area contributed by atoms with Crippen LogP contribution in [0.1, 0.15) is 12.5 Å². The molecule has 0 atom stereocenters. The second-order valence-electron chi connectivity index (χ2n) is 4.15. The van der Waals surface area contributed by atoms with Gasteiger partial charge in [-0.15, -0.1) is 0 Å². The summed E-state index contributed by atoms with van der Waals surface area (Å²) in [6, 6.07) is 3.56. The van der Waals surface area contributed by atoms with Gasteiger partial charge >= 0.3 is 0 Å². The van der Waals surface area contributed by atoms with Crippen LogP contribution in [-0.4, -0.2) is 24.2 Å². The van der Waals surface area contributed by atoms with E-state index in [1.807, 2.05) is 6.92 Å². The first-order valence-electron chi connectivity index (χ1n) is 6.15. The van der Waals surface area contributed by atoms with Crippen molar-refractivity contribution in [2.24, 2.45) is 0 Å². The molecule has 1 aromatic heterocycles. The zero-order valence-corrected chi connectivity index (χ0v) is 14.8. The maximum Gasteiger partial charge on any atom is 0.163 e. The van der Waals surface area contributed by atoms with Crippen molar-refractivity contribution in [1.82, 2.24) is 9.97 Å². The molecule has 4 nitrogen and oxygen atoms in total. The highest BCUT2D eigenvalue weighted by Gasteiger charge is 2.16. The van der Waals surface area contributed by atoms with E-state index in [0.717, 1.165) is 15.6 Å². The van der Waals surface area contributed by atoms with Crippen molar-refractivity contribution in [3.05, 3.63) is 32.5 Å². The zero-order valence-electron chi connectivity index (χ0n) is 11.7. The fourth-order valence-electron chi connectivity index (χ4n) is 1.87. The third-order valence-electron chi connectivity index (χ3n) is 2.97. The van der Waals surface area contributed by atoms with Crippen LogP contribution in [0.2, 0.25) is 10.3 Å². The molecule has 0 fully saturated rings. The lowest BCUT2D eigenvalue weighted by molar-refractivity contribution is 0.355. The predicted molar refractivity (Wildman–Crippen MR) is 87.7 cm³/mol. The molecule has 0 spiro atoms. The minimum absolute atomic E-state index is 0.356. The molecule has 112 valence electrons. The van der Waals surface area contributed by atoms with Crippen LogP contribution in [0.25, 0.3) is 11.4 Å². The molecule has 0 radical (unpaired) electrons. The number of hydrogen-bond acceptors (Lipinski definition) is 4. The van der Waals surface area contributed by atoms with E-state index in [-0.39, 0.29) is 0 Å². The Hall–Kier alpha value is -1.04. The van der Waals surface area contributed by atoms with Crippen LogP contribution in [0.4, 0.5) is 0 Å². The van der Waals surface area contributed by atoms with E-state index in [4.69, 9.17) is 32.7 Å². The Balaban J connectivity index is 2.62. The van der Waals surface area contributed by atoms with Crippen LogP contribution in [0.5, 0.6) is 11.5 Å². The molecule has 0 aliphatic rings. The van der Waals surface area contributed by atoms with E-state index >= 15 is 0 Å². The van der Waals surface area contributed by atoms with Gasteiger partial charge in [0.05, 0.1) is 14.2 Å². The fraction of sp³-hybridized carbons (Fsp3) is 0.286. The molecule has 21 heavy (non-hydrogen) atoms. The monoisotopic (exact) mass is 390 g/mol. The molecule has 0 bridgehead atoms. The van der Waals surface area contributed by atoms with Crippen LogP contribution in [0.3, 0.4) is 0 Å². The van der Waals surface area contributed by atoms with Crippen molar-refractivity contribution >= 4 is 39.1 Å². The summed E-state index contributed by atoms with van der Waals surface area (Å²) in [5.41, 5.74) is 1.46. The first-order valence-corrected chi connectivity index (χ1v) is 7.70. The SMILES string of the molecule is CCc1c(Cl)nc(-c2cc(OC)c(OC)cc2Br)nc1Cl. The van der Waals surface area contributed by atoms with Crippen molar-refractivity contribution in [1.29, 1.82) is 0 Å². The average molecular weight is 392 g/mol. The zero-order chi connectivity index (χ0) is 15.6. The molecule has 2 aromatic rings. The molecule has 1 heterocycles. The van der Waals surface area contributed by atoms with Gasteiger partial charge < -0.3 is 9.47 Å². The van der Waals surface area contributed by atoms with Crippen LogP contribution >= 0.6 is 39.1 Å². The average Bonchev–Trinajstić information content (AvgIpc) is 2.46. The summed E-state index contributed by atoms with van der Waals surface area (Å²) in [4.78, 5) is 8.62. The molecule has 0 N–H and O–H groups in total. The van der Waals surface area contributed by atoms with Crippen molar-refractivity contribution in [3.63, 3.8) is 0 Å². The van der Waals surface area contributed by atoms with Crippen molar-refractivity contribution in [2.75, 3.05) is 14.2 Å². The molecule has 0 amide bonds. The van der Waals surface area contributed by atoms with Crippen LogP contribution in [0.15, 0.2) is 16.6 Å². The molecule has 0 saturated carbocycles. The van der Waals surface area contributed by atoms with Gasteiger partial charge in [-0.1, -0.05) is 30.1 Å². The minimum Gasteiger partial charge on any atom is -0.493 e. The lowest BCUT2D eigenvalue weighted by Crippen LogP contribution is -1.98. The summed E-state index contributed by atoms with van der Waals surface area (Å²) in [5.74, 6) is 1.61. The highest BCUT2D eigenvalue weighted by Crippen LogP contribution is 2.38. The summed E-state index contributed by atoms with van der Waals surface area (Å²) in [7, 11) is 3.14. The van der Waals surface area contributed by atoms with Gasteiger partial charge in [-0.3, -0.25) is 0 Å². The Morgan fingerprint density at radius 2 is 1.57 bits per heavy atom. The Bertz CT molecular complexity index is 657. The largest absolute Gasteiger partial charge is 0.493 e.